The Morgan fingerprint density at radius 2 is 1.94 bits per heavy atom. The maximum absolute atomic E-state index is 10.7. The Morgan fingerprint density at radius 3 is 2.72 bits per heavy atom. The van der Waals surface area contributed by atoms with Crippen LogP contribution in [0.1, 0.15) is 58.3 Å². The van der Waals surface area contributed by atoms with Crippen LogP contribution in [-0.2, 0) is 0 Å². The summed E-state index contributed by atoms with van der Waals surface area (Å²) in [5.74, 6) is 0.795. The summed E-state index contributed by atoms with van der Waals surface area (Å²) in [6.45, 7) is 4.35. The third-order valence-corrected chi connectivity index (χ3v) is 5.19. The smallest absolute Gasteiger partial charge is 0.0811 e. The van der Waals surface area contributed by atoms with Crippen LogP contribution in [-0.4, -0.2) is 34.7 Å². The van der Waals surface area contributed by atoms with E-state index in [-0.39, 0.29) is 0 Å². The summed E-state index contributed by atoms with van der Waals surface area (Å²) >= 11 is 0. The summed E-state index contributed by atoms with van der Waals surface area (Å²) in [6.07, 6.45) is 12.8. The van der Waals surface area contributed by atoms with Crippen molar-refractivity contribution in [2.24, 2.45) is 5.92 Å². The van der Waals surface area contributed by atoms with Gasteiger partial charge in [-0.25, -0.2) is 0 Å². The molecule has 2 saturated heterocycles. The molecule has 3 rings (SSSR count). The Morgan fingerprint density at radius 1 is 1.17 bits per heavy atom. The van der Waals surface area contributed by atoms with Gasteiger partial charge in [-0.3, -0.25) is 4.90 Å². The van der Waals surface area contributed by atoms with Gasteiger partial charge in [0.15, 0.2) is 0 Å². The zero-order valence-corrected chi connectivity index (χ0v) is 11.7. The lowest BCUT2D eigenvalue weighted by atomic mass is 9.81. The molecule has 1 N–H and O–H groups in total. The number of nitrogens with zero attached hydrogens (tertiary/aromatic N) is 1. The molecule has 18 heavy (non-hydrogen) atoms. The maximum atomic E-state index is 10.7. The van der Waals surface area contributed by atoms with Crippen LogP contribution in [0.25, 0.3) is 0 Å². The molecule has 0 amide bonds. The van der Waals surface area contributed by atoms with Gasteiger partial charge in [0, 0.05) is 12.6 Å². The van der Waals surface area contributed by atoms with Gasteiger partial charge in [-0.2, -0.15) is 0 Å². The van der Waals surface area contributed by atoms with Crippen LogP contribution < -0.4 is 0 Å². The van der Waals surface area contributed by atoms with E-state index in [9.17, 15) is 5.11 Å². The van der Waals surface area contributed by atoms with Crippen LogP contribution in [0.4, 0.5) is 0 Å². The molecule has 2 aliphatic heterocycles. The molecule has 2 heteroatoms. The van der Waals surface area contributed by atoms with Crippen molar-refractivity contribution >= 4 is 0 Å². The quantitative estimate of drug-likeness (QED) is 0.722. The maximum Gasteiger partial charge on any atom is 0.0811 e. The zero-order chi connectivity index (χ0) is 12.6. The van der Waals surface area contributed by atoms with Gasteiger partial charge in [0.1, 0.15) is 0 Å². The Balaban J connectivity index is 1.71. The monoisotopic (exact) mass is 249 g/mol. The van der Waals surface area contributed by atoms with Crippen LogP contribution in [0.15, 0.2) is 11.6 Å². The number of aliphatic hydroxyl groups is 1. The minimum atomic E-state index is -0.491. The van der Waals surface area contributed by atoms with E-state index in [1.165, 1.54) is 57.1 Å². The number of allylic oxidation sites excluding steroid dienone is 1. The highest BCUT2D eigenvalue weighted by Crippen LogP contribution is 2.38. The second kappa shape index (κ2) is 4.97. The van der Waals surface area contributed by atoms with Gasteiger partial charge in [-0.05, 0) is 51.5 Å². The second-order valence-corrected chi connectivity index (χ2v) is 6.89. The van der Waals surface area contributed by atoms with Gasteiger partial charge in [0.05, 0.1) is 5.60 Å². The summed E-state index contributed by atoms with van der Waals surface area (Å²) in [6, 6.07) is 0.418. The molecule has 0 unspecified atom stereocenters. The molecule has 3 fully saturated rings. The predicted octanol–water partition coefficient (Wildman–Crippen LogP) is 3.11. The Kier molecular flexibility index (Phi) is 3.50. The minimum absolute atomic E-state index is 0.418. The first kappa shape index (κ1) is 12.7. The molecule has 0 spiro atoms. The van der Waals surface area contributed by atoms with Crippen molar-refractivity contribution in [2.75, 3.05) is 13.1 Å². The number of piperidine rings is 1. The summed E-state index contributed by atoms with van der Waals surface area (Å²) in [5.41, 5.74) is 1.01. The first-order chi connectivity index (χ1) is 8.65. The molecule has 1 aliphatic carbocycles. The fourth-order valence-electron chi connectivity index (χ4n) is 4.36. The summed E-state index contributed by atoms with van der Waals surface area (Å²) in [5, 5.41) is 10.7. The van der Waals surface area contributed by atoms with Crippen molar-refractivity contribution in [2.45, 2.75) is 69.9 Å². The highest BCUT2D eigenvalue weighted by atomic mass is 16.3. The normalized spacial score (nSPS) is 41.2. The molecule has 0 bridgehead atoms. The zero-order valence-electron chi connectivity index (χ0n) is 11.7. The third kappa shape index (κ3) is 2.50. The van der Waals surface area contributed by atoms with E-state index in [1.54, 1.807) is 0 Å². The summed E-state index contributed by atoms with van der Waals surface area (Å²) in [4.78, 5) is 2.51. The van der Waals surface area contributed by atoms with Crippen LogP contribution >= 0.6 is 0 Å². The molecular formula is C16H27NO. The molecule has 0 aromatic rings. The van der Waals surface area contributed by atoms with Crippen molar-refractivity contribution in [1.82, 2.24) is 4.90 Å². The second-order valence-electron chi connectivity index (χ2n) is 6.89. The lowest BCUT2D eigenvalue weighted by Crippen LogP contribution is -2.52. The van der Waals surface area contributed by atoms with E-state index in [0.717, 1.165) is 18.9 Å². The van der Waals surface area contributed by atoms with Crippen molar-refractivity contribution in [3.05, 3.63) is 11.6 Å². The lowest BCUT2D eigenvalue weighted by molar-refractivity contribution is -0.0330. The van der Waals surface area contributed by atoms with Crippen molar-refractivity contribution in [1.29, 1.82) is 0 Å². The molecule has 0 aromatic carbocycles. The van der Waals surface area contributed by atoms with Crippen molar-refractivity contribution < 1.29 is 5.11 Å². The van der Waals surface area contributed by atoms with Crippen LogP contribution in [0.5, 0.6) is 0 Å². The first-order valence-corrected chi connectivity index (χ1v) is 7.81. The average Bonchev–Trinajstić information content (AvgIpc) is 2.78. The molecule has 0 radical (unpaired) electrons. The van der Waals surface area contributed by atoms with E-state index in [0.29, 0.717) is 6.04 Å². The van der Waals surface area contributed by atoms with Gasteiger partial charge >= 0.3 is 0 Å². The van der Waals surface area contributed by atoms with Gasteiger partial charge in [0.2, 0.25) is 0 Å². The topological polar surface area (TPSA) is 23.5 Å². The predicted molar refractivity (Wildman–Crippen MR) is 74.5 cm³/mol. The fraction of sp³-hybridized carbons (Fsp3) is 0.875. The lowest BCUT2D eigenvalue weighted by Gasteiger charge is -2.43. The molecule has 2 nitrogen and oxygen atoms in total. The molecule has 0 aromatic heterocycles. The van der Waals surface area contributed by atoms with Crippen molar-refractivity contribution in [3.8, 4) is 0 Å². The van der Waals surface area contributed by atoms with E-state index in [1.807, 2.05) is 6.92 Å². The van der Waals surface area contributed by atoms with Crippen LogP contribution in [0.2, 0.25) is 0 Å². The molecule has 1 saturated carbocycles. The Hall–Kier alpha value is -0.340. The van der Waals surface area contributed by atoms with Gasteiger partial charge in [-0.15, -0.1) is 0 Å². The van der Waals surface area contributed by atoms with Crippen molar-refractivity contribution in [3.63, 3.8) is 0 Å². The SMILES string of the molecule is C[C@]1(O)C/C(=C/C2CCCCC2)CN2CCC[C@H]21. The molecule has 2 heterocycles. The van der Waals surface area contributed by atoms with E-state index in [4.69, 9.17) is 0 Å². The molecule has 2 atom stereocenters. The third-order valence-electron chi connectivity index (χ3n) is 5.19. The number of rotatable bonds is 1. The average molecular weight is 249 g/mol. The van der Waals surface area contributed by atoms with Crippen LogP contribution in [0.3, 0.4) is 0 Å². The Bertz CT molecular complexity index is 328. The first-order valence-electron chi connectivity index (χ1n) is 7.81. The van der Waals surface area contributed by atoms with Gasteiger partial charge < -0.3 is 5.11 Å². The van der Waals surface area contributed by atoms with E-state index < -0.39 is 5.60 Å². The number of hydrogen-bond acceptors (Lipinski definition) is 2. The fourth-order valence-corrected chi connectivity index (χ4v) is 4.36. The highest BCUT2D eigenvalue weighted by Gasteiger charge is 2.43. The Labute approximate surface area is 111 Å². The standard InChI is InChI=1S/C16H27NO/c1-16(18)11-14(10-13-6-3-2-4-7-13)12-17-9-5-8-15(16)17/h10,13,15,18H,2-9,11-12H2,1H3/b14-10-/t15-,16-/m0/s1. The minimum Gasteiger partial charge on any atom is -0.388 e. The number of fused-ring (bicyclic) bond motifs is 1. The van der Waals surface area contributed by atoms with Crippen LogP contribution in [0, 0.1) is 5.92 Å². The van der Waals surface area contributed by atoms with E-state index in [2.05, 4.69) is 11.0 Å². The number of hydrogen-bond donors (Lipinski definition) is 1. The summed E-state index contributed by atoms with van der Waals surface area (Å²) < 4.78 is 0. The van der Waals surface area contributed by atoms with Gasteiger partial charge in [-0.1, -0.05) is 30.9 Å². The summed E-state index contributed by atoms with van der Waals surface area (Å²) in [7, 11) is 0. The largest absolute Gasteiger partial charge is 0.388 e. The molecular weight excluding hydrogens is 222 g/mol. The molecule has 3 aliphatic rings. The van der Waals surface area contributed by atoms with Gasteiger partial charge in [0.25, 0.3) is 0 Å². The van der Waals surface area contributed by atoms with E-state index >= 15 is 0 Å². The highest BCUT2D eigenvalue weighted by molar-refractivity contribution is 5.18. The molecule has 102 valence electrons.